The Hall–Kier alpha value is -3.07. The summed E-state index contributed by atoms with van der Waals surface area (Å²) in [5, 5.41) is 0.926. The number of alkyl halides is 6. The Morgan fingerprint density at radius 1 is 0.980 bits per heavy atom. The highest BCUT2D eigenvalue weighted by molar-refractivity contribution is 5.88. The molecule has 1 aromatic carbocycles. The zero-order chi connectivity index (χ0) is 36.6. The van der Waals surface area contributed by atoms with Gasteiger partial charge in [0.15, 0.2) is 0 Å². The first-order chi connectivity index (χ1) is 22.9. The number of benzene rings is 1. The van der Waals surface area contributed by atoms with Crippen molar-refractivity contribution < 1.29 is 50.1 Å². The van der Waals surface area contributed by atoms with Gasteiger partial charge in [0, 0.05) is 30.2 Å². The van der Waals surface area contributed by atoms with Crippen molar-refractivity contribution in [2.75, 3.05) is 19.8 Å². The number of fused-ring (bicyclic) bond motifs is 1. The number of aryl methyl sites for hydroxylation is 1. The van der Waals surface area contributed by atoms with Crippen LogP contribution in [0, 0.1) is 5.92 Å². The minimum Gasteiger partial charge on any atom is -0.493 e. The van der Waals surface area contributed by atoms with E-state index in [0.29, 0.717) is 12.5 Å². The van der Waals surface area contributed by atoms with Crippen LogP contribution in [-0.2, 0) is 25.5 Å². The maximum Gasteiger partial charge on any atom is 0.494 e. The zero-order valence-corrected chi connectivity index (χ0v) is 28.9. The van der Waals surface area contributed by atoms with E-state index >= 15 is 0 Å². The highest BCUT2D eigenvalue weighted by atomic mass is 19.3. The van der Waals surface area contributed by atoms with Gasteiger partial charge in [0.25, 0.3) is 0 Å². The van der Waals surface area contributed by atoms with E-state index in [2.05, 4.69) is 51.7 Å². The van der Waals surface area contributed by atoms with Crippen molar-refractivity contribution >= 4 is 22.4 Å². The molecule has 0 spiro atoms. The number of hydrogen-bond donors (Lipinski definition) is 2. The Kier molecular flexibility index (Phi) is 13.8. The second kappa shape index (κ2) is 16.8. The molecule has 14 heteroatoms. The Labute approximate surface area is 283 Å². The van der Waals surface area contributed by atoms with Gasteiger partial charge in [-0.1, -0.05) is 45.3 Å². The Bertz CT molecular complexity index is 1490. The second-order valence-electron chi connectivity index (χ2n) is 12.7. The third-order valence-corrected chi connectivity index (χ3v) is 8.45. The van der Waals surface area contributed by atoms with Crippen LogP contribution in [0.15, 0.2) is 41.5 Å². The average Bonchev–Trinajstić information content (AvgIpc) is 3.36. The summed E-state index contributed by atoms with van der Waals surface area (Å²) in [5.41, 5.74) is 15.0. The van der Waals surface area contributed by atoms with E-state index in [1.54, 1.807) is 18.2 Å². The van der Waals surface area contributed by atoms with Crippen LogP contribution >= 0.6 is 0 Å². The highest BCUT2D eigenvalue weighted by Crippen LogP contribution is 2.41. The van der Waals surface area contributed by atoms with Crippen molar-refractivity contribution in [2.45, 2.75) is 117 Å². The van der Waals surface area contributed by atoms with Gasteiger partial charge < -0.3 is 25.5 Å². The molecule has 0 radical (unpaired) electrons. The Morgan fingerprint density at radius 2 is 1.63 bits per heavy atom. The maximum absolute atomic E-state index is 14.3. The van der Waals surface area contributed by atoms with Gasteiger partial charge in [0.1, 0.15) is 11.3 Å². The van der Waals surface area contributed by atoms with Gasteiger partial charge in [-0.2, -0.15) is 17.6 Å². The molecule has 276 valence electrons. The summed E-state index contributed by atoms with van der Waals surface area (Å²) in [6, 6.07) is 7.19. The van der Waals surface area contributed by atoms with Crippen LogP contribution in [0.3, 0.4) is 0 Å². The number of carbonyl (C=O) groups excluding carboxylic acids is 1. The molecule has 49 heavy (non-hydrogen) atoms. The molecule has 3 rings (SSSR count). The van der Waals surface area contributed by atoms with Crippen molar-refractivity contribution in [3.63, 3.8) is 0 Å². The fourth-order valence-corrected chi connectivity index (χ4v) is 5.84. The number of esters is 1. The first-order valence-electron chi connectivity index (χ1n) is 16.8. The molecule has 2 aromatic rings. The van der Waals surface area contributed by atoms with Crippen molar-refractivity contribution in [3.8, 4) is 5.75 Å². The van der Waals surface area contributed by atoms with Crippen molar-refractivity contribution in [3.05, 3.63) is 47.2 Å². The lowest BCUT2D eigenvalue weighted by Crippen LogP contribution is -2.52. The highest BCUT2D eigenvalue weighted by Gasteiger charge is 2.52. The SMILES string of the molecule is CCCCCC1=CC(CC)=C(c2cc3ccc(OCCC(F)(F)OC(F)(F)OC(F)(F)CCOC(=O)C(C)(N)CN)cc3n2CC)C(C)C1. The molecule has 1 heterocycles. The molecule has 0 aliphatic heterocycles. The third-order valence-electron chi connectivity index (χ3n) is 8.45. The topological polar surface area (TPSA) is 111 Å². The van der Waals surface area contributed by atoms with Crippen molar-refractivity contribution in [1.29, 1.82) is 0 Å². The Morgan fingerprint density at radius 3 is 2.22 bits per heavy atom. The quantitative estimate of drug-likeness (QED) is 0.0615. The van der Waals surface area contributed by atoms with Gasteiger partial charge >= 0.3 is 24.5 Å². The lowest BCUT2D eigenvalue weighted by Gasteiger charge is -2.27. The summed E-state index contributed by atoms with van der Waals surface area (Å²) < 4.78 is 103. The molecule has 0 amide bonds. The van der Waals surface area contributed by atoms with Crippen molar-refractivity contribution in [1.82, 2.24) is 4.57 Å². The van der Waals surface area contributed by atoms with E-state index in [4.69, 9.17) is 16.2 Å². The monoisotopic (exact) mass is 705 g/mol. The van der Waals surface area contributed by atoms with E-state index in [0.717, 1.165) is 35.9 Å². The minimum atomic E-state index is -5.39. The normalized spacial score (nSPS) is 17.3. The minimum absolute atomic E-state index is 0.217. The van der Waals surface area contributed by atoms with E-state index < -0.39 is 56.1 Å². The third kappa shape index (κ3) is 11.2. The van der Waals surface area contributed by atoms with Gasteiger partial charge in [0.05, 0.1) is 31.6 Å². The molecule has 2 atom stereocenters. The summed E-state index contributed by atoms with van der Waals surface area (Å²) in [6.45, 7) is 8.15. The molecule has 4 N–H and O–H groups in total. The summed E-state index contributed by atoms with van der Waals surface area (Å²) in [5.74, 6) is -0.629. The van der Waals surface area contributed by atoms with E-state index in [1.165, 1.54) is 42.9 Å². The fourth-order valence-electron chi connectivity index (χ4n) is 5.84. The van der Waals surface area contributed by atoms with Crippen LogP contribution in [0.1, 0.15) is 91.7 Å². The van der Waals surface area contributed by atoms with Crippen LogP contribution in [0.4, 0.5) is 26.3 Å². The van der Waals surface area contributed by atoms with Crippen LogP contribution in [0.5, 0.6) is 5.75 Å². The van der Waals surface area contributed by atoms with Crippen molar-refractivity contribution in [2.24, 2.45) is 17.4 Å². The number of halogens is 6. The van der Waals surface area contributed by atoms with E-state index in [1.807, 2.05) is 6.92 Å². The number of unbranched alkanes of at least 4 members (excludes halogenated alkanes) is 2. The van der Waals surface area contributed by atoms with Gasteiger partial charge in [0.2, 0.25) is 0 Å². The molecule has 0 saturated heterocycles. The predicted octanol–water partition coefficient (Wildman–Crippen LogP) is 8.52. The van der Waals surface area contributed by atoms with Crippen LogP contribution < -0.4 is 16.2 Å². The number of rotatable bonds is 20. The number of aromatic nitrogens is 1. The van der Waals surface area contributed by atoms with Gasteiger partial charge in [-0.25, -0.2) is 9.47 Å². The molecule has 1 aliphatic rings. The lowest BCUT2D eigenvalue weighted by molar-refractivity contribution is -0.514. The standard InChI is InChI=1S/C35H49F6N3O5/c1-6-9-10-11-24-18-23(4)30(25(7-2)19-24)29-20-26-12-13-27(21-28(26)44(29)8-3)46-16-14-33(36,37)48-35(40,41)49-34(38,39)15-17-47-31(45)32(5,43)22-42/h12-13,19-21,23H,6-11,14-18,22,42-43H2,1-5H3. The summed E-state index contributed by atoms with van der Waals surface area (Å²) in [6.07, 6.45) is -8.79. The number of allylic oxidation sites excluding steroid dienone is 4. The molecular weight excluding hydrogens is 656 g/mol. The second-order valence-corrected chi connectivity index (χ2v) is 12.7. The van der Waals surface area contributed by atoms with Crippen LogP contribution in [0.2, 0.25) is 0 Å². The largest absolute Gasteiger partial charge is 0.494 e. The van der Waals surface area contributed by atoms with Crippen LogP contribution in [0.25, 0.3) is 16.5 Å². The predicted molar refractivity (Wildman–Crippen MR) is 175 cm³/mol. The smallest absolute Gasteiger partial charge is 0.493 e. The average molecular weight is 706 g/mol. The maximum atomic E-state index is 14.3. The first kappa shape index (κ1) is 40.4. The molecule has 0 saturated carbocycles. The number of hydrogen-bond acceptors (Lipinski definition) is 7. The summed E-state index contributed by atoms with van der Waals surface area (Å²) >= 11 is 0. The van der Waals surface area contributed by atoms with Gasteiger partial charge in [-0.05, 0) is 74.8 Å². The van der Waals surface area contributed by atoms with E-state index in [9.17, 15) is 31.1 Å². The number of carbonyl (C=O) groups is 1. The molecule has 1 aromatic heterocycles. The number of nitrogens with two attached hydrogens (primary N) is 2. The molecule has 8 nitrogen and oxygen atoms in total. The number of ether oxygens (including phenoxy) is 4. The summed E-state index contributed by atoms with van der Waals surface area (Å²) in [4.78, 5) is 11.7. The zero-order valence-electron chi connectivity index (χ0n) is 28.9. The molecule has 1 aliphatic carbocycles. The first-order valence-corrected chi connectivity index (χ1v) is 16.8. The van der Waals surface area contributed by atoms with Gasteiger partial charge in [-0.3, -0.25) is 4.79 Å². The molecule has 0 fully saturated rings. The van der Waals surface area contributed by atoms with E-state index in [-0.39, 0.29) is 12.3 Å². The lowest BCUT2D eigenvalue weighted by atomic mass is 9.80. The Balaban J connectivity index is 1.65. The molecular formula is C35H49F6N3O5. The molecule has 0 bridgehead atoms. The van der Waals surface area contributed by atoms with Crippen LogP contribution in [-0.4, -0.2) is 54.3 Å². The van der Waals surface area contributed by atoms with Gasteiger partial charge in [-0.15, -0.1) is 8.78 Å². The summed E-state index contributed by atoms with van der Waals surface area (Å²) in [7, 11) is 0. The molecule has 2 unspecified atom stereocenters. The number of nitrogens with zero attached hydrogens (tertiary/aromatic N) is 1. The fraction of sp³-hybridized carbons (Fsp3) is 0.629.